The van der Waals surface area contributed by atoms with Gasteiger partial charge in [-0.3, -0.25) is 9.80 Å². The van der Waals surface area contributed by atoms with Crippen LogP contribution in [-0.4, -0.2) is 64.3 Å². The maximum absolute atomic E-state index is 13.0. The van der Waals surface area contributed by atoms with Gasteiger partial charge < -0.3 is 19.7 Å². The van der Waals surface area contributed by atoms with Crippen molar-refractivity contribution in [2.75, 3.05) is 47.9 Å². The van der Waals surface area contributed by atoms with Crippen LogP contribution in [0.4, 0.5) is 27.8 Å². The maximum Gasteiger partial charge on any atom is 0.415 e. The summed E-state index contributed by atoms with van der Waals surface area (Å²) in [5.74, 6) is 1.05. The fraction of sp³-hybridized carbons (Fsp3) is 0.484. The number of hydrogen-bond donors (Lipinski definition) is 1. The molecule has 0 unspecified atom stereocenters. The molecule has 1 saturated heterocycles. The van der Waals surface area contributed by atoms with E-state index in [2.05, 4.69) is 49.4 Å². The zero-order valence-electron chi connectivity index (χ0n) is 24.4. The second-order valence-electron chi connectivity index (χ2n) is 12.0. The van der Waals surface area contributed by atoms with Gasteiger partial charge in [0.25, 0.3) is 0 Å². The first kappa shape index (κ1) is 27.3. The van der Waals surface area contributed by atoms with Gasteiger partial charge in [-0.25, -0.2) is 19.7 Å². The Kier molecular flexibility index (Phi) is 7.42. The van der Waals surface area contributed by atoms with Crippen LogP contribution in [0.25, 0.3) is 0 Å². The van der Waals surface area contributed by atoms with E-state index in [4.69, 9.17) is 14.5 Å². The Labute approximate surface area is 241 Å². The molecule has 216 valence electrons. The van der Waals surface area contributed by atoms with E-state index in [1.54, 1.807) is 4.90 Å². The van der Waals surface area contributed by atoms with Gasteiger partial charge in [-0.15, -0.1) is 0 Å². The van der Waals surface area contributed by atoms with Crippen LogP contribution in [-0.2, 0) is 24.2 Å². The molecule has 3 aromatic rings. The highest BCUT2D eigenvalue weighted by atomic mass is 16.6. The number of anilines is 4. The van der Waals surface area contributed by atoms with Crippen LogP contribution < -0.4 is 19.9 Å². The number of carbonyl (C=O) groups is 1. The van der Waals surface area contributed by atoms with E-state index in [9.17, 15) is 4.79 Å². The van der Waals surface area contributed by atoms with Crippen LogP contribution >= 0.6 is 0 Å². The number of hydrogen-bond acceptors (Lipinski definition) is 9. The van der Waals surface area contributed by atoms with Crippen molar-refractivity contribution in [1.82, 2.24) is 19.9 Å². The molecule has 0 spiro atoms. The fourth-order valence-electron chi connectivity index (χ4n) is 5.74. The Morgan fingerprint density at radius 2 is 1.83 bits per heavy atom. The fourth-order valence-corrected chi connectivity index (χ4v) is 5.74. The number of benzene rings is 1. The quantitative estimate of drug-likeness (QED) is 0.453. The van der Waals surface area contributed by atoms with E-state index in [0.717, 1.165) is 47.7 Å². The first-order valence-corrected chi connectivity index (χ1v) is 14.5. The van der Waals surface area contributed by atoms with Crippen LogP contribution in [0.5, 0.6) is 5.88 Å². The Bertz CT molecular complexity index is 1410. The third kappa shape index (κ3) is 6.07. The van der Waals surface area contributed by atoms with Crippen molar-refractivity contribution in [1.29, 1.82) is 0 Å². The monoisotopic (exact) mass is 557 g/mol. The molecule has 1 aromatic carbocycles. The zero-order valence-corrected chi connectivity index (χ0v) is 24.4. The molecular formula is C31H39N7O3. The van der Waals surface area contributed by atoms with Gasteiger partial charge in [-0.2, -0.15) is 0 Å². The summed E-state index contributed by atoms with van der Waals surface area (Å²) < 4.78 is 11.5. The molecule has 3 aliphatic heterocycles. The second kappa shape index (κ2) is 11.2. The number of rotatable bonds is 5. The molecule has 41 heavy (non-hydrogen) atoms. The molecule has 0 aliphatic carbocycles. The average Bonchev–Trinajstić information content (AvgIpc) is 3.46. The number of fused-ring (bicyclic) bond motifs is 2. The third-order valence-electron chi connectivity index (χ3n) is 7.79. The smallest absolute Gasteiger partial charge is 0.415 e. The number of nitrogens with zero attached hydrogens (tertiary/aromatic N) is 6. The summed E-state index contributed by atoms with van der Waals surface area (Å²) in [7, 11) is 0. The van der Waals surface area contributed by atoms with E-state index in [-0.39, 0.29) is 6.09 Å². The highest BCUT2D eigenvalue weighted by molar-refractivity contribution is 5.92. The van der Waals surface area contributed by atoms with Crippen molar-refractivity contribution in [2.24, 2.45) is 0 Å². The molecular weight excluding hydrogens is 518 g/mol. The molecule has 5 heterocycles. The summed E-state index contributed by atoms with van der Waals surface area (Å²) in [6, 6.07) is 8.55. The summed E-state index contributed by atoms with van der Waals surface area (Å²) in [6.45, 7) is 13.2. The summed E-state index contributed by atoms with van der Waals surface area (Å²) in [4.78, 5) is 33.5. The lowest BCUT2D eigenvalue weighted by Crippen LogP contribution is -2.42. The number of carbonyl (C=O) groups excluding carboxylic acids is 1. The minimum atomic E-state index is -0.591. The summed E-state index contributed by atoms with van der Waals surface area (Å²) in [5.41, 5.74) is 6.40. The van der Waals surface area contributed by atoms with Crippen molar-refractivity contribution in [3.05, 3.63) is 59.0 Å². The summed E-state index contributed by atoms with van der Waals surface area (Å²) >= 11 is 0. The normalized spacial score (nSPS) is 17.1. The number of likely N-dealkylation sites (tertiary alicyclic amines) is 1. The van der Waals surface area contributed by atoms with Crippen LogP contribution in [0.3, 0.4) is 0 Å². The van der Waals surface area contributed by atoms with Gasteiger partial charge >= 0.3 is 6.09 Å². The first-order chi connectivity index (χ1) is 19.7. The lowest BCUT2D eigenvalue weighted by molar-refractivity contribution is 0.0566. The zero-order chi connectivity index (χ0) is 28.6. The molecule has 10 heteroatoms. The maximum atomic E-state index is 13.0. The van der Waals surface area contributed by atoms with Gasteiger partial charge in [0.1, 0.15) is 17.9 Å². The molecule has 6 rings (SSSR count). The summed E-state index contributed by atoms with van der Waals surface area (Å²) in [5, 5.41) is 3.38. The number of nitrogens with one attached hydrogen (secondary N) is 1. The van der Waals surface area contributed by atoms with E-state index < -0.39 is 5.60 Å². The predicted octanol–water partition coefficient (Wildman–Crippen LogP) is 5.22. The lowest BCUT2D eigenvalue weighted by atomic mass is 10.0. The van der Waals surface area contributed by atoms with E-state index in [0.29, 0.717) is 37.2 Å². The number of ether oxygens (including phenoxy) is 2. The van der Waals surface area contributed by atoms with Crippen LogP contribution in [0.2, 0.25) is 0 Å². The van der Waals surface area contributed by atoms with Crippen molar-refractivity contribution in [3.8, 4) is 5.88 Å². The van der Waals surface area contributed by atoms with Gasteiger partial charge in [0.15, 0.2) is 0 Å². The van der Waals surface area contributed by atoms with Crippen LogP contribution in [0.15, 0.2) is 36.7 Å². The first-order valence-electron chi connectivity index (χ1n) is 14.5. The van der Waals surface area contributed by atoms with E-state index >= 15 is 0 Å². The Hall–Kier alpha value is -3.92. The van der Waals surface area contributed by atoms with E-state index in [1.165, 1.54) is 31.5 Å². The van der Waals surface area contributed by atoms with Crippen LogP contribution in [0, 0.1) is 6.92 Å². The molecule has 1 amide bonds. The Morgan fingerprint density at radius 1 is 1.05 bits per heavy atom. The molecule has 0 atom stereocenters. The van der Waals surface area contributed by atoms with Crippen molar-refractivity contribution < 1.29 is 14.3 Å². The molecule has 1 N–H and O–H groups in total. The minimum absolute atomic E-state index is 0.378. The largest absolute Gasteiger partial charge is 0.474 e. The van der Waals surface area contributed by atoms with Gasteiger partial charge in [-0.05, 0) is 83.3 Å². The lowest BCUT2D eigenvalue weighted by Gasteiger charge is -2.35. The molecule has 0 bridgehead atoms. The molecule has 3 aliphatic rings. The number of amides is 1. The average molecular weight is 558 g/mol. The highest BCUT2D eigenvalue weighted by Gasteiger charge is 2.32. The Balaban J connectivity index is 1.18. The molecule has 0 saturated carbocycles. The SMILES string of the molecule is Cc1c(N2CCc3cnc(Nc4ccc(CN5CCCC5)cc4)nc3C2)cnc2c1N(C(=O)OC(C)(C)C)CCO2. The molecule has 10 nitrogen and oxygen atoms in total. The summed E-state index contributed by atoms with van der Waals surface area (Å²) in [6.07, 6.45) is 6.80. The van der Waals surface area contributed by atoms with Crippen LogP contribution in [0.1, 0.15) is 56.0 Å². The van der Waals surface area contributed by atoms with Crippen molar-refractivity contribution >= 4 is 29.1 Å². The van der Waals surface area contributed by atoms with Gasteiger partial charge in [0.05, 0.1) is 30.7 Å². The van der Waals surface area contributed by atoms with Gasteiger partial charge in [0, 0.05) is 30.5 Å². The van der Waals surface area contributed by atoms with Gasteiger partial charge in [0.2, 0.25) is 11.8 Å². The van der Waals surface area contributed by atoms with Gasteiger partial charge in [-0.1, -0.05) is 12.1 Å². The minimum Gasteiger partial charge on any atom is -0.474 e. The number of pyridine rings is 1. The van der Waals surface area contributed by atoms with E-state index in [1.807, 2.05) is 40.1 Å². The molecule has 0 radical (unpaired) electrons. The predicted molar refractivity (Wildman–Crippen MR) is 159 cm³/mol. The standard InChI is InChI=1S/C31H39N7O3/c1-21-26(18-32-28-27(21)38(15-16-40-28)30(39)41-31(2,3)4)37-14-11-23-17-33-29(35-25(23)20-37)34-24-9-7-22(8-10-24)19-36-12-5-6-13-36/h7-10,17-18H,5-6,11-16,19-20H2,1-4H3,(H,33,34,35). The highest BCUT2D eigenvalue weighted by Crippen LogP contribution is 2.39. The number of aromatic nitrogens is 3. The second-order valence-corrected chi connectivity index (χ2v) is 12.0. The molecule has 1 fully saturated rings. The molecule has 2 aromatic heterocycles. The van der Waals surface area contributed by atoms with Crippen molar-refractivity contribution in [3.63, 3.8) is 0 Å². The Morgan fingerprint density at radius 3 is 2.59 bits per heavy atom. The topological polar surface area (TPSA) is 96.0 Å². The third-order valence-corrected chi connectivity index (χ3v) is 7.79. The van der Waals surface area contributed by atoms with Crippen molar-refractivity contribution in [2.45, 2.75) is 65.6 Å².